The summed E-state index contributed by atoms with van der Waals surface area (Å²) in [6.45, 7) is 2.98. The second kappa shape index (κ2) is 8.72. The van der Waals surface area contributed by atoms with Gasteiger partial charge in [0.15, 0.2) is 17.3 Å². The van der Waals surface area contributed by atoms with Crippen molar-refractivity contribution >= 4 is 10.9 Å². The van der Waals surface area contributed by atoms with E-state index in [0.29, 0.717) is 41.5 Å². The van der Waals surface area contributed by atoms with Crippen LogP contribution in [0, 0.1) is 0 Å². The predicted octanol–water partition coefficient (Wildman–Crippen LogP) is 2.57. The van der Waals surface area contributed by atoms with Crippen molar-refractivity contribution in [3.63, 3.8) is 0 Å². The molecule has 184 valence electrons. The average molecular weight is 487 g/mol. The average Bonchev–Trinajstić information content (AvgIpc) is 3.67. The van der Waals surface area contributed by atoms with E-state index in [1.54, 1.807) is 0 Å². The molecular weight excluding hydrogens is 460 g/mol. The minimum atomic E-state index is -0.423. The Balaban J connectivity index is 1.34. The molecule has 2 aromatic heterocycles. The molecule has 0 aliphatic carbocycles. The molecule has 3 aliphatic rings. The first-order valence-electron chi connectivity index (χ1n) is 12.4. The van der Waals surface area contributed by atoms with Crippen LogP contribution >= 0.6 is 0 Å². The van der Waals surface area contributed by atoms with Crippen LogP contribution in [0.1, 0.15) is 41.4 Å². The Bertz CT molecular complexity index is 1490. The Morgan fingerprint density at radius 1 is 1.11 bits per heavy atom. The molecule has 0 spiro atoms. The molecule has 4 aromatic rings. The summed E-state index contributed by atoms with van der Waals surface area (Å²) >= 11 is 0. The first-order chi connectivity index (χ1) is 17.7. The molecule has 36 heavy (non-hydrogen) atoms. The Morgan fingerprint density at radius 2 is 1.97 bits per heavy atom. The molecule has 10 heteroatoms. The normalized spacial score (nSPS) is 20.1. The Morgan fingerprint density at radius 3 is 2.83 bits per heavy atom. The first-order valence-corrected chi connectivity index (χ1v) is 12.4. The third-order valence-electron chi connectivity index (χ3n) is 7.39. The monoisotopic (exact) mass is 486 g/mol. The van der Waals surface area contributed by atoms with E-state index in [-0.39, 0.29) is 18.5 Å². The Kier molecular flexibility index (Phi) is 5.21. The molecule has 0 unspecified atom stereocenters. The SMILES string of the molecule is O=c1[nH]c2cc3c(cc2cc1[C@H](c1nnnn1C[C@@H]1CCCO1)N1CCc2ccccc2C1)OCO3. The van der Waals surface area contributed by atoms with E-state index in [4.69, 9.17) is 14.2 Å². The fraction of sp³-hybridized carbons (Fsp3) is 0.385. The molecule has 5 heterocycles. The molecule has 7 rings (SSSR count). The summed E-state index contributed by atoms with van der Waals surface area (Å²) in [6, 6.07) is 13.7. The van der Waals surface area contributed by atoms with E-state index in [1.165, 1.54) is 11.1 Å². The highest BCUT2D eigenvalue weighted by molar-refractivity contribution is 5.83. The minimum absolute atomic E-state index is 0.0737. The third-order valence-corrected chi connectivity index (χ3v) is 7.39. The van der Waals surface area contributed by atoms with E-state index >= 15 is 0 Å². The van der Waals surface area contributed by atoms with Gasteiger partial charge in [0.05, 0.1) is 18.2 Å². The summed E-state index contributed by atoms with van der Waals surface area (Å²) in [4.78, 5) is 18.9. The van der Waals surface area contributed by atoms with Crippen LogP contribution in [0.3, 0.4) is 0 Å². The lowest BCUT2D eigenvalue weighted by molar-refractivity contribution is 0.0904. The van der Waals surface area contributed by atoms with Gasteiger partial charge in [0.2, 0.25) is 6.79 Å². The number of fused-ring (bicyclic) bond motifs is 3. The summed E-state index contributed by atoms with van der Waals surface area (Å²) in [5.74, 6) is 1.96. The van der Waals surface area contributed by atoms with Gasteiger partial charge in [0.25, 0.3) is 5.56 Å². The highest BCUT2D eigenvalue weighted by Crippen LogP contribution is 2.37. The van der Waals surface area contributed by atoms with E-state index < -0.39 is 6.04 Å². The number of hydrogen-bond acceptors (Lipinski definition) is 8. The van der Waals surface area contributed by atoms with Crippen LogP contribution in [0.15, 0.2) is 47.3 Å². The molecule has 1 N–H and O–H groups in total. The predicted molar refractivity (Wildman–Crippen MR) is 130 cm³/mol. The lowest BCUT2D eigenvalue weighted by atomic mass is 9.96. The Hall–Kier alpha value is -3.76. The van der Waals surface area contributed by atoms with Crippen LogP contribution in [-0.4, -0.2) is 56.1 Å². The summed E-state index contributed by atoms with van der Waals surface area (Å²) in [6.07, 6.45) is 2.98. The summed E-state index contributed by atoms with van der Waals surface area (Å²) < 4.78 is 18.7. The van der Waals surface area contributed by atoms with E-state index in [9.17, 15) is 4.79 Å². The maximum Gasteiger partial charge on any atom is 0.253 e. The van der Waals surface area contributed by atoms with Crippen LogP contribution in [0.5, 0.6) is 11.5 Å². The highest BCUT2D eigenvalue weighted by atomic mass is 16.7. The van der Waals surface area contributed by atoms with Crippen molar-refractivity contribution in [1.82, 2.24) is 30.1 Å². The fourth-order valence-corrected chi connectivity index (χ4v) is 5.57. The topological polar surface area (TPSA) is 107 Å². The molecule has 0 radical (unpaired) electrons. The molecule has 1 fully saturated rings. The molecule has 0 amide bonds. The molecule has 2 atom stereocenters. The van der Waals surface area contributed by atoms with Gasteiger partial charge in [-0.3, -0.25) is 9.69 Å². The molecule has 10 nitrogen and oxygen atoms in total. The second-order valence-corrected chi connectivity index (χ2v) is 9.59. The molecule has 0 bridgehead atoms. The number of tetrazole rings is 1. The fourth-order valence-electron chi connectivity index (χ4n) is 5.57. The van der Waals surface area contributed by atoms with E-state index in [0.717, 1.165) is 37.8 Å². The third kappa shape index (κ3) is 3.73. The quantitative estimate of drug-likeness (QED) is 0.459. The molecule has 0 saturated carbocycles. The van der Waals surface area contributed by atoms with Crippen LogP contribution in [0.25, 0.3) is 10.9 Å². The summed E-state index contributed by atoms with van der Waals surface area (Å²) in [5.41, 5.74) is 3.73. The second-order valence-electron chi connectivity index (χ2n) is 9.59. The number of hydrogen-bond donors (Lipinski definition) is 1. The highest BCUT2D eigenvalue weighted by Gasteiger charge is 2.33. The van der Waals surface area contributed by atoms with Gasteiger partial charge in [-0.15, -0.1) is 5.10 Å². The van der Waals surface area contributed by atoms with Crippen molar-refractivity contribution in [3.8, 4) is 11.5 Å². The maximum absolute atomic E-state index is 13.6. The van der Waals surface area contributed by atoms with Crippen molar-refractivity contribution in [2.45, 2.75) is 44.5 Å². The van der Waals surface area contributed by atoms with Crippen molar-refractivity contribution < 1.29 is 14.2 Å². The van der Waals surface area contributed by atoms with Gasteiger partial charge in [-0.05, 0) is 52.9 Å². The number of pyridine rings is 1. The number of aromatic amines is 1. The summed E-state index contributed by atoms with van der Waals surface area (Å²) in [5, 5.41) is 13.6. The van der Waals surface area contributed by atoms with E-state index in [2.05, 4.69) is 49.7 Å². The number of ether oxygens (including phenoxy) is 3. The van der Waals surface area contributed by atoms with Crippen molar-refractivity contribution in [2.24, 2.45) is 0 Å². The lowest BCUT2D eigenvalue weighted by Gasteiger charge is -2.35. The minimum Gasteiger partial charge on any atom is -0.454 e. The molecule has 1 saturated heterocycles. The van der Waals surface area contributed by atoms with Crippen LogP contribution in [-0.2, 0) is 24.2 Å². The van der Waals surface area contributed by atoms with Crippen molar-refractivity contribution in [2.75, 3.05) is 19.9 Å². The molecule has 2 aromatic carbocycles. The number of nitrogens with one attached hydrogen (secondary N) is 1. The number of benzene rings is 2. The zero-order valence-electron chi connectivity index (χ0n) is 19.7. The van der Waals surface area contributed by atoms with Crippen LogP contribution in [0.2, 0.25) is 0 Å². The van der Waals surface area contributed by atoms with Crippen molar-refractivity contribution in [3.05, 3.63) is 75.3 Å². The van der Waals surface area contributed by atoms with Gasteiger partial charge in [0, 0.05) is 36.7 Å². The maximum atomic E-state index is 13.6. The number of H-pyrrole nitrogens is 1. The standard InChI is InChI=1S/C26H26N6O4/c33-26-20(10-18-11-22-23(36-15-35-22)12-21(18)27-26)24(31-8-7-16-4-1-2-5-17(16)13-31)25-28-29-30-32(25)14-19-6-3-9-34-19/h1-2,4-5,10-12,19,24H,3,6-9,13-15H2,(H,27,33)/t19-,24+/m0/s1. The number of nitrogens with zero attached hydrogens (tertiary/aromatic N) is 5. The first kappa shape index (κ1) is 21.5. The Labute approximate surface area is 206 Å². The number of rotatable bonds is 5. The molecule has 3 aliphatic heterocycles. The summed E-state index contributed by atoms with van der Waals surface area (Å²) in [7, 11) is 0. The lowest BCUT2D eigenvalue weighted by Crippen LogP contribution is -2.39. The van der Waals surface area contributed by atoms with Gasteiger partial charge in [-0.1, -0.05) is 24.3 Å². The smallest absolute Gasteiger partial charge is 0.253 e. The van der Waals surface area contributed by atoms with Gasteiger partial charge in [-0.25, -0.2) is 4.68 Å². The van der Waals surface area contributed by atoms with Gasteiger partial charge in [0.1, 0.15) is 6.04 Å². The van der Waals surface area contributed by atoms with Crippen molar-refractivity contribution in [1.29, 1.82) is 0 Å². The zero-order chi connectivity index (χ0) is 24.1. The zero-order valence-corrected chi connectivity index (χ0v) is 19.7. The molecular formula is C26H26N6O4. The van der Waals surface area contributed by atoms with Gasteiger partial charge < -0.3 is 19.2 Å². The van der Waals surface area contributed by atoms with Gasteiger partial charge >= 0.3 is 0 Å². The van der Waals surface area contributed by atoms with Crippen LogP contribution in [0.4, 0.5) is 0 Å². The van der Waals surface area contributed by atoms with E-state index in [1.807, 2.05) is 22.9 Å². The number of aromatic nitrogens is 5. The van der Waals surface area contributed by atoms with Gasteiger partial charge in [-0.2, -0.15) is 0 Å². The van der Waals surface area contributed by atoms with Crippen LogP contribution < -0.4 is 15.0 Å². The largest absolute Gasteiger partial charge is 0.454 e.